The minimum absolute atomic E-state index is 0.356. The van der Waals surface area contributed by atoms with Gasteiger partial charge in [-0.05, 0) is 15.9 Å². The van der Waals surface area contributed by atoms with Gasteiger partial charge in [-0.1, -0.05) is 0 Å². The monoisotopic (exact) mass is 214 g/mol. The summed E-state index contributed by atoms with van der Waals surface area (Å²) in [4.78, 5) is 14.2. The van der Waals surface area contributed by atoms with Crippen LogP contribution in [0, 0.1) is 6.20 Å². The fraction of sp³-hybridized carbons (Fsp3) is 0.143. The third kappa shape index (κ3) is 2.31. The first kappa shape index (κ1) is 8.20. The van der Waals surface area contributed by atoms with Gasteiger partial charge in [0.05, 0.1) is 10.7 Å². The highest BCUT2D eigenvalue weighted by molar-refractivity contribution is 9.10. The number of carbonyl (C=O) groups is 1. The molecule has 0 aliphatic carbocycles. The number of nitrogens with zero attached hydrogens (tertiary/aromatic N) is 1. The van der Waals surface area contributed by atoms with Crippen LogP contribution in [0.1, 0.15) is 6.92 Å². The number of aromatic nitrogens is 1. The summed E-state index contributed by atoms with van der Waals surface area (Å²) in [6, 6.07) is 1.49. The van der Waals surface area contributed by atoms with Crippen molar-refractivity contribution in [3.8, 4) is 5.75 Å². The van der Waals surface area contributed by atoms with Crippen LogP contribution in [0.2, 0.25) is 0 Å². The van der Waals surface area contributed by atoms with Crippen molar-refractivity contribution in [1.29, 1.82) is 0 Å². The van der Waals surface area contributed by atoms with Crippen LogP contribution in [0.3, 0.4) is 0 Å². The fourth-order valence-electron chi connectivity index (χ4n) is 0.555. The second kappa shape index (κ2) is 3.48. The van der Waals surface area contributed by atoms with Gasteiger partial charge in [0, 0.05) is 19.2 Å². The predicted octanol–water partition coefficient (Wildman–Crippen LogP) is 1.57. The first-order valence-corrected chi connectivity index (χ1v) is 3.69. The molecule has 0 saturated carbocycles. The van der Waals surface area contributed by atoms with Crippen molar-refractivity contribution < 1.29 is 9.53 Å². The van der Waals surface area contributed by atoms with Crippen molar-refractivity contribution in [2.75, 3.05) is 0 Å². The van der Waals surface area contributed by atoms with Gasteiger partial charge in [-0.2, -0.15) is 0 Å². The van der Waals surface area contributed by atoms with Crippen LogP contribution in [-0.2, 0) is 4.79 Å². The van der Waals surface area contributed by atoms with E-state index in [0.29, 0.717) is 10.2 Å². The Kier molecular flexibility index (Phi) is 2.59. The molecular weight excluding hydrogens is 210 g/mol. The van der Waals surface area contributed by atoms with E-state index < -0.39 is 0 Å². The van der Waals surface area contributed by atoms with E-state index in [-0.39, 0.29) is 5.97 Å². The van der Waals surface area contributed by atoms with Crippen molar-refractivity contribution in [2.24, 2.45) is 0 Å². The summed E-state index contributed by atoms with van der Waals surface area (Å²) in [6.45, 7) is 1.34. The maximum atomic E-state index is 10.5. The zero-order valence-electron chi connectivity index (χ0n) is 5.80. The number of esters is 1. The second-order valence-corrected chi connectivity index (χ2v) is 2.69. The Morgan fingerprint density at radius 3 is 3.09 bits per heavy atom. The number of hydrogen-bond acceptors (Lipinski definition) is 3. The van der Waals surface area contributed by atoms with E-state index in [0.717, 1.165) is 0 Å². The summed E-state index contributed by atoms with van der Waals surface area (Å²) in [5.74, 6) is 0.0813. The SMILES string of the molecule is CC(=O)Oc1c[c]ncc1Br. The van der Waals surface area contributed by atoms with E-state index >= 15 is 0 Å². The van der Waals surface area contributed by atoms with Gasteiger partial charge in [0.1, 0.15) is 5.75 Å². The minimum atomic E-state index is -0.356. The lowest BCUT2D eigenvalue weighted by atomic mass is 10.4. The zero-order valence-corrected chi connectivity index (χ0v) is 7.38. The van der Waals surface area contributed by atoms with Crippen LogP contribution in [-0.4, -0.2) is 11.0 Å². The molecule has 1 heterocycles. The Labute approximate surface area is 72.5 Å². The quantitative estimate of drug-likeness (QED) is 0.667. The molecular formula is C7H5BrNO2. The lowest BCUT2D eigenvalue weighted by molar-refractivity contribution is -0.131. The Morgan fingerprint density at radius 2 is 2.55 bits per heavy atom. The fourth-order valence-corrected chi connectivity index (χ4v) is 0.853. The number of ether oxygens (including phenoxy) is 1. The smallest absolute Gasteiger partial charge is 0.308 e. The molecule has 0 fully saturated rings. The maximum Gasteiger partial charge on any atom is 0.308 e. The normalized spacial score (nSPS) is 9.27. The molecule has 0 aliphatic rings. The van der Waals surface area contributed by atoms with Gasteiger partial charge in [0.25, 0.3) is 0 Å². The van der Waals surface area contributed by atoms with Gasteiger partial charge in [0.15, 0.2) is 0 Å². The average molecular weight is 215 g/mol. The lowest BCUT2D eigenvalue weighted by Crippen LogP contribution is -2.01. The Bertz CT molecular complexity index is 275. The summed E-state index contributed by atoms with van der Waals surface area (Å²) < 4.78 is 5.43. The zero-order chi connectivity index (χ0) is 8.27. The van der Waals surface area contributed by atoms with E-state index in [9.17, 15) is 4.79 Å². The molecule has 0 atom stereocenters. The molecule has 0 spiro atoms. The molecule has 0 amide bonds. The molecule has 0 aromatic carbocycles. The molecule has 57 valence electrons. The third-order valence-corrected chi connectivity index (χ3v) is 1.53. The van der Waals surface area contributed by atoms with Crippen LogP contribution >= 0.6 is 15.9 Å². The Balaban J connectivity index is 2.86. The standard InChI is InChI=1S/C7H5BrNO2/c1-5(10)11-7-2-3-9-4-6(7)8/h2,4H,1H3. The molecule has 0 aliphatic heterocycles. The van der Waals surface area contributed by atoms with E-state index in [1.165, 1.54) is 19.2 Å². The highest BCUT2D eigenvalue weighted by atomic mass is 79.9. The third-order valence-electron chi connectivity index (χ3n) is 0.937. The summed E-state index contributed by atoms with van der Waals surface area (Å²) >= 11 is 3.17. The van der Waals surface area contributed by atoms with Crippen molar-refractivity contribution in [1.82, 2.24) is 4.98 Å². The van der Waals surface area contributed by atoms with Gasteiger partial charge < -0.3 is 4.74 Å². The number of carbonyl (C=O) groups excluding carboxylic acids is 1. The van der Waals surface area contributed by atoms with E-state index in [1.807, 2.05) is 0 Å². The largest absolute Gasteiger partial charge is 0.425 e. The van der Waals surface area contributed by atoms with E-state index in [2.05, 4.69) is 27.1 Å². The molecule has 0 N–H and O–H groups in total. The van der Waals surface area contributed by atoms with Crippen molar-refractivity contribution in [2.45, 2.75) is 6.92 Å². The highest BCUT2D eigenvalue weighted by Crippen LogP contribution is 2.22. The molecule has 1 aromatic heterocycles. The van der Waals surface area contributed by atoms with Gasteiger partial charge in [0.2, 0.25) is 0 Å². The molecule has 3 nitrogen and oxygen atoms in total. The topological polar surface area (TPSA) is 39.2 Å². The first-order valence-electron chi connectivity index (χ1n) is 2.90. The first-order chi connectivity index (χ1) is 5.20. The number of pyridine rings is 1. The summed E-state index contributed by atoms with van der Waals surface area (Å²) in [7, 11) is 0. The molecule has 0 bridgehead atoms. The van der Waals surface area contributed by atoms with E-state index in [1.54, 1.807) is 0 Å². The number of halogens is 1. The van der Waals surface area contributed by atoms with Crippen molar-refractivity contribution >= 4 is 21.9 Å². The highest BCUT2D eigenvalue weighted by Gasteiger charge is 2.01. The molecule has 1 aromatic rings. The van der Waals surface area contributed by atoms with Crippen LogP contribution in [0.15, 0.2) is 16.7 Å². The molecule has 4 heteroatoms. The molecule has 0 unspecified atom stereocenters. The van der Waals surface area contributed by atoms with Gasteiger partial charge in [-0.15, -0.1) is 0 Å². The minimum Gasteiger partial charge on any atom is -0.425 e. The summed E-state index contributed by atoms with van der Waals surface area (Å²) in [5.41, 5.74) is 0. The van der Waals surface area contributed by atoms with Crippen LogP contribution in [0.4, 0.5) is 0 Å². The van der Waals surface area contributed by atoms with Crippen LogP contribution < -0.4 is 4.74 Å². The van der Waals surface area contributed by atoms with Crippen LogP contribution in [0.5, 0.6) is 5.75 Å². The van der Waals surface area contributed by atoms with Crippen molar-refractivity contribution in [3.63, 3.8) is 0 Å². The van der Waals surface area contributed by atoms with Gasteiger partial charge in [-0.25, -0.2) is 0 Å². The number of hydrogen-bond donors (Lipinski definition) is 0. The molecule has 11 heavy (non-hydrogen) atoms. The predicted molar refractivity (Wildman–Crippen MR) is 42.1 cm³/mol. The Hall–Kier alpha value is -0.900. The number of rotatable bonds is 1. The Morgan fingerprint density at radius 1 is 1.82 bits per heavy atom. The van der Waals surface area contributed by atoms with Crippen molar-refractivity contribution in [3.05, 3.63) is 22.9 Å². The summed E-state index contributed by atoms with van der Waals surface area (Å²) in [6.07, 6.45) is 4.06. The average Bonchev–Trinajstić information content (AvgIpc) is 1.93. The second-order valence-electron chi connectivity index (χ2n) is 1.84. The van der Waals surface area contributed by atoms with Gasteiger partial charge in [-0.3, -0.25) is 9.78 Å². The van der Waals surface area contributed by atoms with E-state index in [4.69, 9.17) is 4.74 Å². The molecule has 0 saturated heterocycles. The lowest BCUT2D eigenvalue weighted by Gasteiger charge is -2.00. The molecule has 1 rings (SSSR count). The van der Waals surface area contributed by atoms with Gasteiger partial charge >= 0.3 is 5.97 Å². The maximum absolute atomic E-state index is 10.5. The summed E-state index contributed by atoms with van der Waals surface area (Å²) in [5, 5.41) is 0. The van der Waals surface area contributed by atoms with Crippen LogP contribution in [0.25, 0.3) is 0 Å². The molecule has 1 radical (unpaired) electrons.